The lowest BCUT2D eigenvalue weighted by Crippen LogP contribution is -2.60. The minimum atomic E-state index is -4.54. The molecule has 2 heterocycles. The molecule has 2 unspecified atom stereocenters. The Labute approximate surface area is 185 Å². The van der Waals surface area contributed by atoms with Crippen LogP contribution in [0.25, 0.3) is 17.5 Å². The number of carbonyl (C=O) groups is 1. The summed E-state index contributed by atoms with van der Waals surface area (Å²) in [6, 6.07) is 3.47. The molecule has 5 nitrogen and oxygen atoms in total. The van der Waals surface area contributed by atoms with Gasteiger partial charge in [0.25, 0.3) is 5.92 Å². The Morgan fingerprint density at radius 3 is 2.47 bits per heavy atom. The van der Waals surface area contributed by atoms with Gasteiger partial charge in [-0.1, -0.05) is 44.0 Å². The Morgan fingerprint density at radius 1 is 1.23 bits per heavy atom. The van der Waals surface area contributed by atoms with Crippen molar-refractivity contribution < 1.29 is 26.7 Å². The standard InChI is InChI=1S/C18H15Br2F5N4O/c1-2-3-10-4-11(6-12(5-10)18(23,24)25)15-26-9-29(27-15)14(20)13(19)16(30)28-7-17(21,22)8-28/h2-6,9,13-14H,7-8H2,1H3/b3-2-. The number of aromatic nitrogens is 3. The Kier molecular flexibility index (Phi) is 6.38. The molecule has 1 aromatic carbocycles. The number of alkyl halides is 7. The van der Waals surface area contributed by atoms with Crippen molar-refractivity contribution in [2.24, 2.45) is 0 Å². The van der Waals surface area contributed by atoms with Crippen molar-refractivity contribution in [1.29, 1.82) is 0 Å². The van der Waals surface area contributed by atoms with E-state index in [1.807, 2.05) is 0 Å². The van der Waals surface area contributed by atoms with E-state index < -0.39 is 46.4 Å². The summed E-state index contributed by atoms with van der Waals surface area (Å²) in [5.74, 6) is -3.42. The van der Waals surface area contributed by atoms with Crippen LogP contribution in [0.2, 0.25) is 0 Å². The Hall–Kier alpha value is -1.82. The fraction of sp³-hybridized carbons (Fsp3) is 0.389. The van der Waals surface area contributed by atoms with E-state index in [4.69, 9.17) is 0 Å². The summed E-state index contributed by atoms with van der Waals surface area (Å²) in [6.07, 6.45) is -0.157. The fourth-order valence-electron chi connectivity index (χ4n) is 2.85. The predicted molar refractivity (Wildman–Crippen MR) is 107 cm³/mol. The van der Waals surface area contributed by atoms with Crippen LogP contribution in [-0.4, -0.2) is 49.4 Å². The van der Waals surface area contributed by atoms with Crippen molar-refractivity contribution in [2.45, 2.75) is 28.8 Å². The molecule has 0 N–H and O–H groups in total. The predicted octanol–water partition coefficient (Wildman–Crippen LogP) is 5.13. The summed E-state index contributed by atoms with van der Waals surface area (Å²) in [5.41, 5.74) is -0.357. The SMILES string of the molecule is C/C=C\c1cc(-c2ncn(C(Br)C(Br)C(=O)N3CC(F)(F)C3)n2)cc(C(F)(F)F)c1. The van der Waals surface area contributed by atoms with Gasteiger partial charge in [-0.05, 0) is 30.7 Å². The molecule has 30 heavy (non-hydrogen) atoms. The van der Waals surface area contributed by atoms with Crippen LogP contribution >= 0.6 is 31.9 Å². The maximum atomic E-state index is 13.2. The second kappa shape index (κ2) is 8.37. The highest BCUT2D eigenvalue weighted by atomic mass is 79.9. The van der Waals surface area contributed by atoms with E-state index in [0.29, 0.717) is 5.56 Å². The summed E-state index contributed by atoms with van der Waals surface area (Å²) < 4.78 is 66.9. The summed E-state index contributed by atoms with van der Waals surface area (Å²) >= 11 is 6.43. The zero-order chi connectivity index (χ0) is 22.3. The summed E-state index contributed by atoms with van der Waals surface area (Å²) in [5, 5.41) is 4.16. The van der Waals surface area contributed by atoms with Crippen molar-refractivity contribution in [3.8, 4) is 11.4 Å². The van der Waals surface area contributed by atoms with E-state index in [1.54, 1.807) is 13.0 Å². The Morgan fingerprint density at radius 2 is 1.90 bits per heavy atom. The molecule has 12 heteroatoms. The van der Waals surface area contributed by atoms with Crippen LogP contribution in [0.4, 0.5) is 22.0 Å². The molecular weight excluding hydrogens is 543 g/mol. The first-order chi connectivity index (χ1) is 13.9. The van der Waals surface area contributed by atoms with Gasteiger partial charge in [0, 0.05) is 5.56 Å². The average molecular weight is 558 g/mol. The lowest BCUT2D eigenvalue weighted by molar-refractivity contribution is -0.165. The fourth-order valence-corrected chi connectivity index (χ4v) is 3.81. The molecule has 1 fully saturated rings. The second-order valence-corrected chi connectivity index (χ2v) is 8.64. The van der Waals surface area contributed by atoms with E-state index in [9.17, 15) is 26.7 Å². The van der Waals surface area contributed by atoms with Crippen molar-refractivity contribution >= 4 is 43.8 Å². The topological polar surface area (TPSA) is 51.0 Å². The van der Waals surface area contributed by atoms with Crippen LogP contribution in [0.1, 0.15) is 23.0 Å². The first kappa shape index (κ1) is 22.9. The minimum absolute atomic E-state index is 0.0268. The van der Waals surface area contributed by atoms with Crippen LogP contribution in [-0.2, 0) is 11.0 Å². The zero-order valence-corrected chi connectivity index (χ0v) is 18.5. The lowest BCUT2D eigenvalue weighted by Gasteiger charge is -2.40. The van der Waals surface area contributed by atoms with Gasteiger partial charge in [0.15, 0.2) is 5.82 Å². The molecule has 1 aromatic heterocycles. The number of likely N-dealkylation sites (tertiary alicyclic amines) is 1. The first-order valence-corrected chi connectivity index (χ1v) is 10.5. The molecule has 2 atom stereocenters. The second-order valence-electron chi connectivity index (χ2n) is 6.71. The molecule has 0 aliphatic carbocycles. The molecule has 1 amide bonds. The molecule has 0 radical (unpaired) electrons. The van der Waals surface area contributed by atoms with Crippen LogP contribution in [0.15, 0.2) is 30.6 Å². The van der Waals surface area contributed by atoms with Gasteiger partial charge in [-0.25, -0.2) is 18.4 Å². The molecule has 2 aromatic rings. The minimum Gasteiger partial charge on any atom is -0.329 e. The largest absolute Gasteiger partial charge is 0.416 e. The highest BCUT2D eigenvalue weighted by molar-refractivity contribution is 9.12. The van der Waals surface area contributed by atoms with E-state index in [0.717, 1.165) is 17.0 Å². The number of allylic oxidation sites excluding steroid dienone is 1. The third-order valence-corrected chi connectivity index (χ3v) is 6.84. The van der Waals surface area contributed by atoms with Gasteiger partial charge < -0.3 is 4.90 Å². The van der Waals surface area contributed by atoms with Gasteiger partial charge in [-0.15, -0.1) is 5.10 Å². The number of rotatable bonds is 5. The smallest absolute Gasteiger partial charge is 0.329 e. The Bertz CT molecular complexity index is 968. The summed E-state index contributed by atoms with van der Waals surface area (Å²) in [6.45, 7) is 0.367. The van der Waals surface area contributed by atoms with E-state index in [1.165, 1.54) is 23.2 Å². The molecule has 1 saturated heterocycles. The molecule has 1 aliphatic rings. The van der Waals surface area contributed by atoms with Crippen LogP contribution in [0.3, 0.4) is 0 Å². The van der Waals surface area contributed by atoms with Gasteiger partial charge in [-0.2, -0.15) is 13.2 Å². The number of hydrogen-bond acceptors (Lipinski definition) is 3. The molecular formula is C18H15Br2F5N4O. The monoisotopic (exact) mass is 556 g/mol. The molecule has 0 spiro atoms. The number of carbonyl (C=O) groups excluding carboxylic acids is 1. The third-order valence-electron chi connectivity index (χ3n) is 4.29. The van der Waals surface area contributed by atoms with Gasteiger partial charge in [-0.3, -0.25) is 4.79 Å². The van der Waals surface area contributed by atoms with Crippen LogP contribution < -0.4 is 0 Å². The average Bonchev–Trinajstić information content (AvgIpc) is 3.13. The summed E-state index contributed by atoms with van der Waals surface area (Å²) in [7, 11) is 0. The first-order valence-electron chi connectivity index (χ1n) is 8.62. The summed E-state index contributed by atoms with van der Waals surface area (Å²) in [4.78, 5) is 15.6. The van der Waals surface area contributed by atoms with Crippen LogP contribution in [0.5, 0.6) is 0 Å². The van der Waals surface area contributed by atoms with E-state index in [2.05, 4.69) is 41.9 Å². The Balaban J connectivity index is 1.83. The number of benzene rings is 1. The van der Waals surface area contributed by atoms with Crippen LogP contribution in [0, 0.1) is 0 Å². The zero-order valence-electron chi connectivity index (χ0n) is 15.4. The number of nitrogens with zero attached hydrogens (tertiary/aromatic N) is 4. The molecule has 0 saturated carbocycles. The van der Waals surface area contributed by atoms with E-state index in [-0.39, 0.29) is 11.4 Å². The number of amides is 1. The van der Waals surface area contributed by atoms with Gasteiger partial charge in [0.2, 0.25) is 5.91 Å². The number of hydrogen-bond donors (Lipinski definition) is 0. The highest BCUT2D eigenvalue weighted by Gasteiger charge is 2.48. The molecule has 3 rings (SSSR count). The highest BCUT2D eigenvalue weighted by Crippen LogP contribution is 2.35. The van der Waals surface area contributed by atoms with Gasteiger partial charge in [0.05, 0.1) is 18.7 Å². The van der Waals surface area contributed by atoms with Gasteiger partial charge in [0.1, 0.15) is 16.1 Å². The maximum Gasteiger partial charge on any atom is 0.416 e. The maximum absolute atomic E-state index is 13.2. The molecule has 1 aliphatic heterocycles. The van der Waals surface area contributed by atoms with Crippen molar-refractivity contribution in [2.75, 3.05) is 13.1 Å². The third kappa shape index (κ3) is 4.90. The quantitative estimate of drug-likeness (QED) is 0.378. The van der Waals surface area contributed by atoms with Crippen molar-refractivity contribution in [1.82, 2.24) is 19.7 Å². The van der Waals surface area contributed by atoms with Crippen molar-refractivity contribution in [3.05, 3.63) is 41.7 Å². The van der Waals surface area contributed by atoms with E-state index >= 15 is 0 Å². The molecule has 162 valence electrons. The normalized spacial score (nSPS) is 18.3. The molecule has 0 bridgehead atoms. The van der Waals surface area contributed by atoms with Crippen molar-refractivity contribution in [3.63, 3.8) is 0 Å². The van der Waals surface area contributed by atoms with Gasteiger partial charge >= 0.3 is 6.18 Å². The number of halogens is 7. The lowest BCUT2D eigenvalue weighted by atomic mass is 10.0.